The van der Waals surface area contributed by atoms with Crippen molar-refractivity contribution in [3.05, 3.63) is 62.5 Å². The van der Waals surface area contributed by atoms with Gasteiger partial charge >= 0.3 is 0 Å². The zero-order chi connectivity index (χ0) is 14.5. The molecule has 1 amide bonds. The van der Waals surface area contributed by atoms with Gasteiger partial charge in [0.2, 0.25) is 0 Å². The zero-order valence-electron chi connectivity index (χ0n) is 9.95. The van der Waals surface area contributed by atoms with Crippen molar-refractivity contribution < 1.29 is 14.1 Å². The molecular weight excluding hydrogens is 330 g/mol. The molecule has 1 aromatic heterocycles. The first-order valence-corrected chi connectivity index (χ1v) is 6.19. The third-order valence-electron chi connectivity index (χ3n) is 2.27. The fraction of sp³-hybridized carbons (Fsp3) is 0. The van der Waals surface area contributed by atoms with Gasteiger partial charge in [-0.1, -0.05) is 6.07 Å². The van der Waals surface area contributed by atoms with Gasteiger partial charge < -0.3 is 4.42 Å². The maximum absolute atomic E-state index is 11.7. The summed E-state index contributed by atoms with van der Waals surface area (Å²) in [5.74, 6) is -0.0909. The van der Waals surface area contributed by atoms with Gasteiger partial charge in [0, 0.05) is 17.7 Å². The second-order valence-electron chi connectivity index (χ2n) is 3.65. The molecule has 0 unspecified atom stereocenters. The SMILES string of the molecule is O=C(N/N=C/c1ccc(Br)o1)c1cccc([N+](=O)[O-])c1. The maximum Gasteiger partial charge on any atom is 0.271 e. The quantitative estimate of drug-likeness (QED) is 0.526. The second-order valence-corrected chi connectivity index (χ2v) is 4.43. The number of nitro groups is 1. The molecule has 0 aliphatic carbocycles. The first-order valence-electron chi connectivity index (χ1n) is 5.39. The number of amides is 1. The number of nitrogens with one attached hydrogen (secondary N) is 1. The van der Waals surface area contributed by atoms with Gasteiger partial charge in [0.1, 0.15) is 5.76 Å². The average Bonchev–Trinajstić information content (AvgIpc) is 2.84. The Hall–Kier alpha value is -2.48. The Labute approximate surface area is 121 Å². The van der Waals surface area contributed by atoms with Crippen molar-refractivity contribution in [2.75, 3.05) is 0 Å². The van der Waals surface area contributed by atoms with Crippen molar-refractivity contribution in [1.29, 1.82) is 0 Å². The lowest BCUT2D eigenvalue weighted by atomic mass is 10.2. The highest BCUT2D eigenvalue weighted by molar-refractivity contribution is 9.10. The van der Waals surface area contributed by atoms with Crippen LogP contribution in [0.1, 0.15) is 16.1 Å². The van der Waals surface area contributed by atoms with Crippen LogP contribution in [0.3, 0.4) is 0 Å². The van der Waals surface area contributed by atoms with Gasteiger partial charge in [-0.25, -0.2) is 5.43 Å². The highest BCUT2D eigenvalue weighted by Crippen LogP contribution is 2.13. The standard InChI is InChI=1S/C12H8BrN3O4/c13-11-5-4-10(20-11)7-14-15-12(17)8-2-1-3-9(6-8)16(18)19/h1-7H,(H,15,17)/b14-7+. The predicted molar refractivity (Wildman–Crippen MR) is 74.6 cm³/mol. The molecule has 0 saturated heterocycles. The van der Waals surface area contributed by atoms with E-state index >= 15 is 0 Å². The summed E-state index contributed by atoms with van der Waals surface area (Å²) in [7, 11) is 0. The topological polar surface area (TPSA) is 97.7 Å². The minimum Gasteiger partial charge on any atom is -0.448 e. The van der Waals surface area contributed by atoms with Gasteiger partial charge in [0.25, 0.3) is 11.6 Å². The number of nitrogens with zero attached hydrogens (tertiary/aromatic N) is 2. The number of carbonyl (C=O) groups excluding carboxylic acids is 1. The van der Waals surface area contributed by atoms with Crippen molar-refractivity contribution in [1.82, 2.24) is 5.43 Å². The van der Waals surface area contributed by atoms with Crippen molar-refractivity contribution in [2.24, 2.45) is 5.10 Å². The van der Waals surface area contributed by atoms with Gasteiger partial charge in [-0.05, 0) is 34.1 Å². The zero-order valence-corrected chi connectivity index (χ0v) is 11.5. The third-order valence-corrected chi connectivity index (χ3v) is 2.70. The summed E-state index contributed by atoms with van der Waals surface area (Å²) in [6.07, 6.45) is 1.32. The lowest BCUT2D eigenvalue weighted by molar-refractivity contribution is -0.384. The van der Waals surface area contributed by atoms with Crippen LogP contribution in [0.4, 0.5) is 5.69 Å². The average molecular weight is 338 g/mol. The summed E-state index contributed by atoms with van der Waals surface area (Å²) in [6, 6.07) is 8.72. The van der Waals surface area contributed by atoms with E-state index in [0.717, 1.165) is 0 Å². The molecule has 2 rings (SSSR count). The Balaban J connectivity index is 2.03. The Morgan fingerprint density at radius 2 is 2.20 bits per heavy atom. The highest BCUT2D eigenvalue weighted by atomic mass is 79.9. The van der Waals surface area contributed by atoms with Gasteiger partial charge in [-0.3, -0.25) is 14.9 Å². The summed E-state index contributed by atoms with van der Waals surface area (Å²) >= 11 is 3.13. The number of benzene rings is 1. The van der Waals surface area contributed by atoms with Crippen LogP contribution in [0.5, 0.6) is 0 Å². The summed E-state index contributed by atoms with van der Waals surface area (Å²) in [6.45, 7) is 0. The molecule has 1 aromatic carbocycles. The third kappa shape index (κ3) is 3.51. The van der Waals surface area contributed by atoms with E-state index in [1.807, 2.05) is 0 Å². The Kier molecular flexibility index (Phi) is 4.26. The number of rotatable bonds is 4. The number of furan rings is 1. The number of non-ortho nitro benzene ring substituents is 1. The molecule has 2 aromatic rings. The van der Waals surface area contributed by atoms with Crippen LogP contribution in [-0.4, -0.2) is 17.0 Å². The van der Waals surface area contributed by atoms with Crippen LogP contribution in [-0.2, 0) is 0 Å². The monoisotopic (exact) mass is 337 g/mol. The van der Waals surface area contributed by atoms with E-state index < -0.39 is 10.8 Å². The van der Waals surface area contributed by atoms with Crippen LogP contribution < -0.4 is 5.43 Å². The molecule has 0 bridgehead atoms. The molecular formula is C12H8BrN3O4. The molecule has 1 heterocycles. The molecule has 0 aliphatic rings. The summed E-state index contributed by atoms with van der Waals surface area (Å²) in [5.41, 5.74) is 2.25. The largest absolute Gasteiger partial charge is 0.448 e. The molecule has 0 atom stereocenters. The Morgan fingerprint density at radius 3 is 2.85 bits per heavy atom. The molecule has 0 saturated carbocycles. The van der Waals surface area contributed by atoms with Crippen molar-refractivity contribution >= 4 is 33.7 Å². The minimum atomic E-state index is -0.569. The highest BCUT2D eigenvalue weighted by Gasteiger charge is 2.10. The fourth-order valence-electron chi connectivity index (χ4n) is 1.38. The molecule has 7 nitrogen and oxygen atoms in total. The van der Waals surface area contributed by atoms with E-state index in [1.165, 1.54) is 30.5 Å². The van der Waals surface area contributed by atoms with Crippen LogP contribution in [0.15, 0.2) is 50.6 Å². The smallest absolute Gasteiger partial charge is 0.271 e. The van der Waals surface area contributed by atoms with Crippen LogP contribution in [0.2, 0.25) is 0 Å². The van der Waals surface area contributed by atoms with Crippen molar-refractivity contribution in [3.8, 4) is 0 Å². The number of nitro benzene ring substituents is 1. The van der Waals surface area contributed by atoms with E-state index in [1.54, 1.807) is 12.1 Å². The van der Waals surface area contributed by atoms with Gasteiger partial charge in [0.15, 0.2) is 4.67 Å². The molecule has 8 heteroatoms. The summed E-state index contributed by atoms with van der Waals surface area (Å²) < 4.78 is 5.69. The van der Waals surface area contributed by atoms with Crippen molar-refractivity contribution in [2.45, 2.75) is 0 Å². The molecule has 20 heavy (non-hydrogen) atoms. The molecule has 0 fully saturated rings. The number of carbonyl (C=O) groups is 1. The summed E-state index contributed by atoms with van der Waals surface area (Å²) in [5, 5.41) is 14.3. The van der Waals surface area contributed by atoms with Gasteiger partial charge in [0.05, 0.1) is 11.1 Å². The maximum atomic E-state index is 11.7. The van der Waals surface area contributed by atoms with E-state index in [2.05, 4.69) is 26.5 Å². The number of halogens is 1. The Morgan fingerprint density at radius 1 is 1.40 bits per heavy atom. The number of hydrogen-bond acceptors (Lipinski definition) is 5. The van der Waals surface area contributed by atoms with Gasteiger partial charge in [-0.2, -0.15) is 5.10 Å². The normalized spacial score (nSPS) is 10.7. The van der Waals surface area contributed by atoms with Crippen LogP contribution in [0, 0.1) is 10.1 Å². The number of hydrogen-bond donors (Lipinski definition) is 1. The van der Waals surface area contributed by atoms with Gasteiger partial charge in [-0.15, -0.1) is 0 Å². The predicted octanol–water partition coefficient (Wildman–Crippen LogP) is 2.71. The first-order chi connectivity index (χ1) is 9.56. The first kappa shape index (κ1) is 13.9. The lowest BCUT2D eigenvalue weighted by Crippen LogP contribution is -2.17. The van der Waals surface area contributed by atoms with E-state index in [0.29, 0.717) is 10.4 Å². The molecule has 0 spiro atoms. The Bertz CT molecular complexity index is 681. The van der Waals surface area contributed by atoms with Crippen molar-refractivity contribution in [3.63, 3.8) is 0 Å². The lowest BCUT2D eigenvalue weighted by Gasteiger charge is -1.99. The summed E-state index contributed by atoms with van der Waals surface area (Å²) in [4.78, 5) is 21.8. The van der Waals surface area contributed by atoms with E-state index in [9.17, 15) is 14.9 Å². The van der Waals surface area contributed by atoms with E-state index in [-0.39, 0.29) is 11.3 Å². The second kappa shape index (κ2) is 6.11. The molecule has 0 aliphatic heterocycles. The van der Waals surface area contributed by atoms with Crippen LogP contribution >= 0.6 is 15.9 Å². The molecule has 1 N–H and O–H groups in total. The molecule has 102 valence electrons. The fourth-order valence-corrected chi connectivity index (χ4v) is 1.70. The van der Waals surface area contributed by atoms with E-state index in [4.69, 9.17) is 4.42 Å². The minimum absolute atomic E-state index is 0.150. The molecule has 0 radical (unpaired) electrons. The number of hydrazone groups is 1. The van der Waals surface area contributed by atoms with Crippen LogP contribution in [0.25, 0.3) is 0 Å².